The van der Waals surface area contributed by atoms with Gasteiger partial charge in [-0.15, -0.1) is 0 Å². The molecule has 0 radical (unpaired) electrons. The largest absolute Gasteiger partial charge is 0.324 e. The van der Waals surface area contributed by atoms with Gasteiger partial charge in [-0.25, -0.2) is 9.50 Å². The molecule has 2 heterocycles. The van der Waals surface area contributed by atoms with Crippen molar-refractivity contribution in [2.24, 2.45) is 5.73 Å². The van der Waals surface area contributed by atoms with Crippen LogP contribution in [0, 0.1) is 6.92 Å². The van der Waals surface area contributed by atoms with Gasteiger partial charge in [0, 0.05) is 17.8 Å². The van der Waals surface area contributed by atoms with Gasteiger partial charge in [0.15, 0.2) is 5.65 Å². The number of pyridine rings is 1. The fraction of sp³-hybridized carbons (Fsp3) is 0.333. The SMILES string of the molecule is Cc1nc2c(C(C)N)cccn2n1. The molecule has 0 spiro atoms. The Labute approximate surface area is 76.4 Å². The monoisotopic (exact) mass is 176 g/mol. The number of nitrogens with zero attached hydrogens (tertiary/aromatic N) is 3. The smallest absolute Gasteiger partial charge is 0.160 e. The molecule has 2 aromatic heterocycles. The van der Waals surface area contributed by atoms with Crippen molar-refractivity contribution >= 4 is 5.65 Å². The van der Waals surface area contributed by atoms with E-state index in [0.717, 1.165) is 17.0 Å². The van der Waals surface area contributed by atoms with Crippen molar-refractivity contribution in [1.29, 1.82) is 0 Å². The molecule has 0 amide bonds. The first-order valence-electron chi connectivity index (χ1n) is 4.26. The maximum Gasteiger partial charge on any atom is 0.160 e. The molecule has 1 atom stereocenters. The third kappa shape index (κ3) is 1.29. The lowest BCUT2D eigenvalue weighted by Gasteiger charge is -2.04. The molecule has 0 fully saturated rings. The fourth-order valence-electron chi connectivity index (χ4n) is 1.39. The molecule has 2 rings (SSSR count). The Hall–Kier alpha value is -1.42. The standard InChI is InChI=1S/C9H12N4/c1-6(10)8-4-3-5-13-9(8)11-7(2)12-13/h3-6H,10H2,1-2H3. The van der Waals surface area contributed by atoms with E-state index in [9.17, 15) is 0 Å². The predicted molar refractivity (Wildman–Crippen MR) is 50.3 cm³/mol. The first kappa shape index (κ1) is 8.19. The molecule has 0 aliphatic carbocycles. The first-order chi connectivity index (χ1) is 6.18. The lowest BCUT2D eigenvalue weighted by Crippen LogP contribution is -2.07. The molecule has 0 aromatic carbocycles. The first-order valence-corrected chi connectivity index (χ1v) is 4.26. The van der Waals surface area contributed by atoms with Crippen molar-refractivity contribution in [2.45, 2.75) is 19.9 Å². The zero-order valence-corrected chi connectivity index (χ0v) is 7.73. The highest BCUT2D eigenvalue weighted by molar-refractivity contribution is 5.48. The number of rotatable bonds is 1. The van der Waals surface area contributed by atoms with Crippen molar-refractivity contribution < 1.29 is 0 Å². The van der Waals surface area contributed by atoms with E-state index in [4.69, 9.17) is 5.73 Å². The van der Waals surface area contributed by atoms with Crippen LogP contribution in [0.4, 0.5) is 0 Å². The van der Waals surface area contributed by atoms with Crippen molar-refractivity contribution in [3.05, 3.63) is 29.7 Å². The summed E-state index contributed by atoms with van der Waals surface area (Å²) in [6, 6.07) is 3.90. The van der Waals surface area contributed by atoms with Crippen molar-refractivity contribution in [3.8, 4) is 0 Å². The van der Waals surface area contributed by atoms with E-state index in [2.05, 4.69) is 10.1 Å². The quantitative estimate of drug-likeness (QED) is 0.706. The van der Waals surface area contributed by atoms with Gasteiger partial charge in [0.25, 0.3) is 0 Å². The van der Waals surface area contributed by atoms with Crippen LogP contribution < -0.4 is 5.73 Å². The van der Waals surface area contributed by atoms with Crippen LogP contribution in [0.3, 0.4) is 0 Å². The number of aromatic nitrogens is 3. The summed E-state index contributed by atoms with van der Waals surface area (Å²) in [6.45, 7) is 3.82. The maximum atomic E-state index is 5.81. The number of nitrogens with two attached hydrogens (primary N) is 1. The summed E-state index contributed by atoms with van der Waals surface area (Å²) >= 11 is 0. The van der Waals surface area contributed by atoms with Crippen LogP contribution >= 0.6 is 0 Å². The number of hydrogen-bond acceptors (Lipinski definition) is 3. The number of fused-ring (bicyclic) bond motifs is 1. The average molecular weight is 176 g/mol. The summed E-state index contributed by atoms with van der Waals surface area (Å²) in [5.41, 5.74) is 7.70. The van der Waals surface area contributed by atoms with Gasteiger partial charge in [-0.3, -0.25) is 0 Å². The van der Waals surface area contributed by atoms with Crippen LogP contribution in [-0.4, -0.2) is 14.6 Å². The minimum atomic E-state index is -0.00713. The average Bonchev–Trinajstić information content (AvgIpc) is 2.43. The highest BCUT2D eigenvalue weighted by atomic mass is 15.3. The van der Waals surface area contributed by atoms with E-state index < -0.39 is 0 Å². The van der Waals surface area contributed by atoms with Gasteiger partial charge >= 0.3 is 0 Å². The van der Waals surface area contributed by atoms with Gasteiger partial charge in [-0.1, -0.05) is 6.07 Å². The van der Waals surface area contributed by atoms with E-state index in [1.165, 1.54) is 0 Å². The molecule has 0 saturated carbocycles. The maximum absolute atomic E-state index is 5.81. The zero-order chi connectivity index (χ0) is 9.42. The van der Waals surface area contributed by atoms with Crippen LogP contribution in [0.15, 0.2) is 18.3 Å². The molecule has 2 aromatic rings. The molecule has 0 bridgehead atoms. The van der Waals surface area contributed by atoms with E-state index in [-0.39, 0.29) is 6.04 Å². The minimum Gasteiger partial charge on any atom is -0.324 e. The molecule has 0 aliphatic heterocycles. The van der Waals surface area contributed by atoms with Crippen molar-refractivity contribution in [1.82, 2.24) is 14.6 Å². The van der Waals surface area contributed by atoms with E-state index >= 15 is 0 Å². The van der Waals surface area contributed by atoms with Gasteiger partial charge in [0.05, 0.1) is 0 Å². The molecular weight excluding hydrogens is 164 g/mol. The van der Waals surface area contributed by atoms with Crippen LogP contribution in [-0.2, 0) is 0 Å². The summed E-state index contributed by atoms with van der Waals surface area (Å²) in [5, 5.41) is 4.21. The van der Waals surface area contributed by atoms with E-state index in [1.807, 2.05) is 32.2 Å². The number of hydrogen-bond donors (Lipinski definition) is 1. The Morgan fingerprint density at radius 2 is 2.31 bits per heavy atom. The van der Waals surface area contributed by atoms with Crippen molar-refractivity contribution in [3.63, 3.8) is 0 Å². The van der Waals surface area contributed by atoms with Gasteiger partial charge in [0.1, 0.15) is 5.82 Å². The van der Waals surface area contributed by atoms with Gasteiger partial charge < -0.3 is 5.73 Å². The topological polar surface area (TPSA) is 56.2 Å². The third-order valence-corrected chi connectivity index (χ3v) is 1.99. The lowest BCUT2D eigenvalue weighted by molar-refractivity contribution is 0.809. The Morgan fingerprint density at radius 1 is 1.54 bits per heavy atom. The second-order valence-corrected chi connectivity index (χ2v) is 3.18. The summed E-state index contributed by atoms with van der Waals surface area (Å²) < 4.78 is 1.76. The molecule has 0 saturated heterocycles. The van der Waals surface area contributed by atoms with E-state index in [0.29, 0.717) is 0 Å². The van der Waals surface area contributed by atoms with Crippen molar-refractivity contribution in [2.75, 3.05) is 0 Å². The molecule has 0 aliphatic rings. The van der Waals surface area contributed by atoms with Gasteiger partial charge in [0.2, 0.25) is 0 Å². The Kier molecular flexibility index (Phi) is 1.77. The Morgan fingerprint density at radius 3 is 3.00 bits per heavy atom. The molecule has 4 heteroatoms. The second-order valence-electron chi connectivity index (χ2n) is 3.18. The van der Waals surface area contributed by atoms with Crippen LogP contribution in [0.2, 0.25) is 0 Å². The summed E-state index contributed by atoms with van der Waals surface area (Å²) in [5.74, 6) is 0.771. The summed E-state index contributed by atoms with van der Waals surface area (Å²) in [4.78, 5) is 4.31. The fourth-order valence-corrected chi connectivity index (χ4v) is 1.39. The normalized spacial score (nSPS) is 13.5. The summed E-state index contributed by atoms with van der Waals surface area (Å²) in [7, 11) is 0. The van der Waals surface area contributed by atoms with Gasteiger partial charge in [-0.2, -0.15) is 5.10 Å². The predicted octanol–water partition coefficient (Wildman–Crippen LogP) is 1.06. The molecule has 2 N–H and O–H groups in total. The third-order valence-electron chi connectivity index (χ3n) is 1.99. The van der Waals surface area contributed by atoms with Crippen LogP contribution in [0.5, 0.6) is 0 Å². The molecule has 4 nitrogen and oxygen atoms in total. The Balaban J connectivity index is 2.75. The highest BCUT2D eigenvalue weighted by Crippen LogP contribution is 2.14. The van der Waals surface area contributed by atoms with Crippen LogP contribution in [0.1, 0.15) is 24.4 Å². The highest BCUT2D eigenvalue weighted by Gasteiger charge is 2.07. The molecule has 1 unspecified atom stereocenters. The minimum absolute atomic E-state index is 0.00713. The zero-order valence-electron chi connectivity index (χ0n) is 7.73. The molecule has 13 heavy (non-hydrogen) atoms. The summed E-state index contributed by atoms with van der Waals surface area (Å²) in [6.07, 6.45) is 1.88. The van der Waals surface area contributed by atoms with E-state index in [1.54, 1.807) is 4.52 Å². The molecule has 68 valence electrons. The van der Waals surface area contributed by atoms with Gasteiger partial charge in [-0.05, 0) is 19.9 Å². The van der Waals surface area contributed by atoms with Crippen LogP contribution in [0.25, 0.3) is 5.65 Å². The number of aryl methyl sites for hydroxylation is 1. The second kappa shape index (κ2) is 2.81. The Bertz CT molecular complexity index is 430. The molecular formula is C9H12N4. The lowest BCUT2D eigenvalue weighted by atomic mass is 10.1.